The van der Waals surface area contributed by atoms with Gasteiger partial charge in [0.05, 0.1) is 24.0 Å². The maximum absolute atomic E-state index is 11.5. The van der Waals surface area contributed by atoms with Crippen LogP contribution in [0.3, 0.4) is 0 Å². The predicted molar refractivity (Wildman–Crippen MR) is 104 cm³/mol. The molecule has 0 radical (unpaired) electrons. The molecule has 0 fully saturated rings. The highest BCUT2D eigenvalue weighted by molar-refractivity contribution is 14.1. The summed E-state index contributed by atoms with van der Waals surface area (Å²) >= 11 is 5.31. The number of anilines is 1. The molecule has 3 N–H and O–H groups in total. The van der Waals surface area contributed by atoms with E-state index in [-0.39, 0.29) is 26.2 Å². The van der Waals surface area contributed by atoms with E-state index in [2.05, 4.69) is 5.32 Å². The van der Waals surface area contributed by atoms with Gasteiger partial charge in [-0.25, -0.2) is 9.59 Å². The fraction of sp³-hybridized carbons (Fsp3) is 0.250. The monoisotopic (exact) mass is 645 g/mol. The largest absolute Gasteiger partial charge is 0.478 e. The summed E-state index contributed by atoms with van der Waals surface area (Å²) < 4.78 is 5.75. The topological polar surface area (TPSA) is 113 Å². The number of carbonyl (C=O) groups is 3. The van der Waals surface area contributed by atoms with Crippen molar-refractivity contribution in [1.29, 1.82) is 0 Å². The molecule has 1 aromatic rings. The molecule has 0 saturated heterocycles. The van der Waals surface area contributed by atoms with Crippen LogP contribution in [0.4, 0.5) is 5.69 Å². The second-order valence-corrected chi connectivity index (χ2v) is 7.28. The lowest BCUT2D eigenvalue weighted by atomic mass is 10.1. The van der Waals surface area contributed by atoms with Gasteiger partial charge in [0.1, 0.15) is 0 Å². The maximum atomic E-state index is 11.5. The highest BCUT2D eigenvalue weighted by atomic mass is 127. The Kier molecular flexibility index (Phi) is 7.25. The molecule has 0 aliphatic rings. The van der Waals surface area contributed by atoms with Crippen LogP contribution in [0.15, 0.2) is 0 Å². The minimum Gasteiger partial charge on any atom is -0.478 e. The van der Waals surface area contributed by atoms with Gasteiger partial charge in [-0.05, 0) is 74.7 Å². The summed E-state index contributed by atoms with van der Waals surface area (Å²) in [6.45, 7) is 1.31. The summed E-state index contributed by atoms with van der Waals surface area (Å²) in [5.41, 5.74) is -0.00157. The zero-order chi connectivity index (χ0) is 17.2. The Morgan fingerprint density at radius 1 is 1.00 bits per heavy atom. The third-order valence-corrected chi connectivity index (χ3v) is 5.86. The van der Waals surface area contributed by atoms with Crippen LogP contribution in [0.5, 0.6) is 0 Å². The third-order valence-electron chi connectivity index (χ3n) is 2.63. The van der Waals surface area contributed by atoms with Crippen LogP contribution in [-0.4, -0.2) is 41.3 Å². The van der Waals surface area contributed by atoms with Crippen LogP contribution in [0.2, 0.25) is 0 Å². The molecule has 10 heteroatoms. The third kappa shape index (κ3) is 4.00. The second-order valence-electron chi connectivity index (χ2n) is 4.05. The average molecular weight is 645 g/mol. The number of Topliss-reactive ketones (excluding diaryl/α,β-unsaturated/α-hetero) is 1. The van der Waals surface area contributed by atoms with Crippen LogP contribution in [0.1, 0.15) is 27.6 Å². The molecule has 7 nitrogen and oxygen atoms in total. The van der Waals surface area contributed by atoms with Crippen molar-refractivity contribution in [1.82, 2.24) is 0 Å². The van der Waals surface area contributed by atoms with Crippen LogP contribution in [-0.2, 0) is 9.53 Å². The zero-order valence-corrected chi connectivity index (χ0v) is 17.7. The Morgan fingerprint density at radius 3 is 1.68 bits per heavy atom. The lowest BCUT2D eigenvalue weighted by Crippen LogP contribution is -2.31. The number of benzene rings is 1. The summed E-state index contributed by atoms with van der Waals surface area (Å²) in [6, 6.07) is 0. The standard InChI is InChI=1S/C12H10I3NO6/c1-3(17)10(22-2)16-9-7(14)4(11(18)19)6(13)5(8(9)15)12(20)21/h10,16H,1-2H3,(H,18,19)(H,20,21). The number of carbonyl (C=O) groups excluding carboxylic acids is 1. The van der Waals surface area contributed by atoms with E-state index in [1.807, 2.05) is 45.2 Å². The van der Waals surface area contributed by atoms with Crippen molar-refractivity contribution in [2.24, 2.45) is 0 Å². The van der Waals surface area contributed by atoms with Gasteiger partial charge in [-0.3, -0.25) is 4.79 Å². The number of hydrogen-bond donors (Lipinski definition) is 3. The van der Waals surface area contributed by atoms with Gasteiger partial charge in [0, 0.05) is 10.7 Å². The Hall–Kier alpha value is -0.220. The molecule has 0 aliphatic heterocycles. The van der Waals surface area contributed by atoms with Gasteiger partial charge in [-0.15, -0.1) is 0 Å². The molecule has 1 atom stereocenters. The molecule has 0 spiro atoms. The molecule has 1 rings (SSSR count). The van der Waals surface area contributed by atoms with Gasteiger partial charge in [-0.1, -0.05) is 0 Å². The number of carboxylic acids is 2. The molecule has 1 unspecified atom stereocenters. The molecule has 1 aromatic carbocycles. The highest BCUT2D eigenvalue weighted by Gasteiger charge is 2.29. The first-order chi connectivity index (χ1) is 10.1. The molecule has 0 aliphatic carbocycles. The van der Waals surface area contributed by atoms with Crippen molar-refractivity contribution in [3.8, 4) is 0 Å². The first-order valence-electron chi connectivity index (χ1n) is 5.60. The number of rotatable bonds is 6. The molecule has 0 heterocycles. The van der Waals surface area contributed by atoms with E-state index in [1.54, 1.807) is 22.6 Å². The minimum atomic E-state index is -1.24. The van der Waals surface area contributed by atoms with Crippen molar-refractivity contribution in [2.45, 2.75) is 13.2 Å². The Bertz CT molecular complexity index is 620. The predicted octanol–water partition coefficient (Wildman–Crippen LogP) is 2.87. The molecule has 0 aromatic heterocycles. The van der Waals surface area contributed by atoms with E-state index in [1.165, 1.54) is 14.0 Å². The number of nitrogens with one attached hydrogen (secondary N) is 1. The number of halogens is 3. The van der Waals surface area contributed by atoms with Crippen molar-refractivity contribution in [3.63, 3.8) is 0 Å². The number of hydrogen-bond acceptors (Lipinski definition) is 5. The number of methoxy groups -OCH3 is 1. The summed E-state index contributed by atoms with van der Waals surface area (Å²) in [6.07, 6.45) is -0.995. The van der Waals surface area contributed by atoms with Gasteiger partial charge in [0.25, 0.3) is 0 Å². The van der Waals surface area contributed by atoms with Crippen molar-refractivity contribution >= 4 is 91.2 Å². The van der Waals surface area contributed by atoms with Crippen molar-refractivity contribution in [2.75, 3.05) is 12.4 Å². The van der Waals surface area contributed by atoms with E-state index < -0.39 is 18.2 Å². The van der Waals surface area contributed by atoms with Crippen molar-refractivity contribution < 1.29 is 29.3 Å². The minimum absolute atomic E-state index is 0.125. The van der Waals surface area contributed by atoms with Crippen molar-refractivity contribution in [3.05, 3.63) is 21.8 Å². The van der Waals surface area contributed by atoms with E-state index in [4.69, 9.17) is 4.74 Å². The number of aromatic carboxylic acids is 2. The molecular formula is C12H10I3NO6. The van der Waals surface area contributed by atoms with Gasteiger partial charge in [0.15, 0.2) is 12.0 Å². The zero-order valence-electron chi connectivity index (χ0n) is 11.2. The lowest BCUT2D eigenvalue weighted by Gasteiger charge is -2.21. The Labute approximate surface area is 166 Å². The maximum Gasteiger partial charge on any atom is 0.337 e. The van der Waals surface area contributed by atoms with E-state index in [9.17, 15) is 24.6 Å². The molecule has 22 heavy (non-hydrogen) atoms. The molecule has 0 saturated carbocycles. The summed E-state index contributed by atoms with van der Waals surface area (Å²) in [5.74, 6) is -2.80. The second kappa shape index (κ2) is 8.05. The summed E-state index contributed by atoms with van der Waals surface area (Å²) in [5, 5.41) is 21.4. The van der Waals surface area contributed by atoms with Gasteiger partial charge >= 0.3 is 11.9 Å². The SMILES string of the molecule is COC(Nc1c(I)c(C(=O)O)c(I)c(C(=O)O)c1I)C(C)=O. The Morgan fingerprint density at radius 2 is 1.41 bits per heavy atom. The molecule has 0 amide bonds. The van der Waals surface area contributed by atoms with Crippen LogP contribution < -0.4 is 5.32 Å². The fourth-order valence-electron chi connectivity index (χ4n) is 1.62. The summed E-state index contributed by atoms with van der Waals surface area (Å²) in [7, 11) is 1.32. The number of ether oxygens (including phenoxy) is 1. The van der Waals surface area contributed by atoms with Gasteiger partial charge in [-0.2, -0.15) is 0 Å². The molecular weight excluding hydrogens is 635 g/mol. The number of ketones is 1. The summed E-state index contributed by atoms with van der Waals surface area (Å²) in [4.78, 5) is 34.4. The normalized spacial score (nSPS) is 11.9. The molecule has 120 valence electrons. The van der Waals surface area contributed by atoms with Gasteiger partial charge < -0.3 is 20.3 Å². The first kappa shape index (κ1) is 19.8. The van der Waals surface area contributed by atoms with E-state index >= 15 is 0 Å². The first-order valence-corrected chi connectivity index (χ1v) is 8.83. The fourth-order valence-corrected chi connectivity index (χ4v) is 6.02. The smallest absolute Gasteiger partial charge is 0.337 e. The number of carboxylic acid groups (broad SMARTS) is 2. The average Bonchev–Trinajstić information content (AvgIpc) is 2.37. The lowest BCUT2D eigenvalue weighted by molar-refractivity contribution is -0.125. The highest BCUT2D eigenvalue weighted by Crippen LogP contribution is 2.36. The van der Waals surface area contributed by atoms with Crippen LogP contribution in [0, 0.1) is 10.7 Å². The van der Waals surface area contributed by atoms with Crippen LogP contribution >= 0.6 is 67.8 Å². The van der Waals surface area contributed by atoms with Crippen LogP contribution in [0.25, 0.3) is 0 Å². The van der Waals surface area contributed by atoms with E-state index in [0.29, 0.717) is 7.14 Å². The molecule has 0 bridgehead atoms. The Balaban J connectivity index is 3.66. The van der Waals surface area contributed by atoms with E-state index in [0.717, 1.165) is 0 Å². The van der Waals surface area contributed by atoms with Gasteiger partial charge in [0.2, 0.25) is 0 Å². The quantitative estimate of drug-likeness (QED) is 0.323.